The zero-order chi connectivity index (χ0) is 25.8. The van der Waals surface area contributed by atoms with Gasteiger partial charge in [-0.2, -0.15) is 0 Å². The molecular formula is C26H36N2O7. The monoisotopic (exact) mass is 488 g/mol. The maximum atomic E-state index is 13.4. The minimum absolute atomic E-state index is 0.0686. The lowest BCUT2D eigenvalue weighted by atomic mass is 9.76. The number of hydrogen-bond donors (Lipinski definition) is 0. The lowest BCUT2D eigenvalue weighted by Crippen LogP contribution is -2.58. The normalized spacial score (nSPS) is 30.2. The molecule has 0 spiro atoms. The van der Waals surface area contributed by atoms with E-state index in [1.807, 2.05) is 13.8 Å². The Hall–Kier alpha value is -2.84. The van der Waals surface area contributed by atoms with Gasteiger partial charge in [-0.05, 0) is 33.1 Å². The minimum atomic E-state index is -1.17. The van der Waals surface area contributed by atoms with Gasteiger partial charge in [0.25, 0.3) is 11.8 Å². The van der Waals surface area contributed by atoms with Crippen molar-refractivity contribution in [3.05, 3.63) is 22.7 Å². The topological polar surface area (TPSA) is 102 Å². The number of piperazine rings is 1. The maximum Gasteiger partial charge on any atom is 0.337 e. The van der Waals surface area contributed by atoms with E-state index in [-0.39, 0.29) is 36.0 Å². The van der Waals surface area contributed by atoms with Crippen LogP contribution in [0.1, 0.15) is 67.2 Å². The third-order valence-corrected chi connectivity index (χ3v) is 7.41. The highest BCUT2D eigenvalue weighted by molar-refractivity contribution is 6.00. The minimum Gasteiger partial charge on any atom is -0.481 e. The van der Waals surface area contributed by atoms with Gasteiger partial charge in [-0.1, -0.05) is 13.8 Å². The molecule has 9 heteroatoms. The number of rotatable bonds is 4. The fraction of sp³-hybridized carbons (Fsp3) is 0.692. The van der Waals surface area contributed by atoms with E-state index in [4.69, 9.17) is 14.2 Å². The van der Waals surface area contributed by atoms with E-state index >= 15 is 0 Å². The molecule has 0 radical (unpaired) electrons. The number of nitrogens with zero attached hydrogens (tertiary/aromatic N) is 2. The van der Waals surface area contributed by atoms with Gasteiger partial charge in [-0.25, -0.2) is 4.79 Å². The molecule has 2 atom stereocenters. The molecule has 1 aliphatic carbocycles. The van der Waals surface area contributed by atoms with Crippen LogP contribution in [0.2, 0.25) is 0 Å². The SMILES string of the molecule is CCOC(=O)C1=C(C)OC(C)(C(=O)N2CCN(C(=O)C3(C)CC4=C(CC(C)(C)CC4=O)O3)CC2)C1. The predicted molar refractivity (Wildman–Crippen MR) is 126 cm³/mol. The Morgan fingerprint density at radius 1 is 0.857 bits per heavy atom. The molecule has 0 N–H and O–H groups in total. The fourth-order valence-electron chi connectivity index (χ4n) is 5.59. The van der Waals surface area contributed by atoms with Gasteiger partial charge in [-0.3, -0.25) is 14.4 Å². The average molecular weight is 489 g/mol. The Labute approximate surface area is 206 Å². The third-order valence-electron chi connectivity index (χ3n) is 7.41. The van der Waals surface area contributed by atoms with Crippen molar-refractivity contribution in [1.82, 2.24) is 9.80 Å². The van der Waals surface area contributed by atoms with Crippen molar-refractivity contribution >= 4 is 23.6 Å². The first-order valence-corrected chi connectivity index (χ1v) is 12.4. The standard InChI is InChI=1S/C26H36N2O7/c1-7-33-21(30)17-12-25(5,34-16(17)2)22(31)27-8-10-28(11-9-27)23(32)26(6)13-18-19(29)14-24(3,4)15-20(18)35-26/h7-15H2,1-6H3. The number of ether oxygens (including phenoxy) is 3. The molecule has 2 amide bonds. The molecule has 4 aliphatic rings. The van der Waals surface area contributed by atoms with Crippen LogP contribution >= 0.6 is 0 Å². The Kier molecular flexibility index (Phi) is 6.26. The predicted octanol–water partition coefficient (Wildman–Crippen LogP) is 2.50. The third kappa shape index (κ3) is 4.57. The van der Waals surface area contributed by atoms with Gasteiger partial charge in [0, 0.05) is 57.4 Å². The highest BCUT2D eigenvalue weighted by Crippen LogP contribution is 2.46. The van der Waals surface area contributed by atoms with E-state index in [1.165, 1.54) is 0 Å². The number of allylic oxidation sites excluding steroid dienone is 2. The summed E-state index contributed by atoms with van der Waals surface area (Å²) in [5.41, 5.74) is -1.40. The molecule has 0 aromatic rings. The molecule has 4 rings (SSSR count). The Morgan fingerprint density at radius 3 is 1.94 bits per heavy atom. The Balaban J connectivity index is 1.35. The number of carbonyl (C=O) groups is 4. The van der Waals surface area contributed by atoms with Crippen molar-refractivity contribution in [3.8, 4) is 0 Å². The van der Waals surface area contributed by atoms with Crippen LogP contribution in [0.4, 0.5) is 0 Å². The van der Waals surface area contributed by atoms with Gasteiger partial charge in [-0.15, -0.1) is 0 Å². The first-order chi connectivity index (χ1) is 16.3. The zero-order valence-corrected chi connectivity index (χ0v) is 21.6. The molecule has 3 aliphatic heterocycles. The van der Waals surface area contributed by atoms with Crippen LogP contribution in [0, 0.1) is 5.41 Å². The van der Waals surface area contributed by atoms with Crippen LogP contribution in [0.25, 0.3) is 0 Å². The molecule has 1 saturated heterocycles. The maximum absolute atomic E-state index is 13.4. The average Bonchev–Trinajstić information content (AvgIpc) is 3.29. The summed E-state index contributed by atoms with van der Waals surface area (Å²) in [7, 11) is 0. The second kappa shape index (κ2) is 8.68. The number of amides is 2. The van der Waals surface area contributed by atoms with Crippen LogP contribution in [0.5, 0.6) is 0 Å². The highest BCUT2D eigenvalue weighted by Gasteiger charge is 2.51. The van der Waals surface area contributed by atoms with E-state index in [0.29, 0.717) is 68.1 Å². The van der Waals surface area contributed by atoms with Gasteiger partial charge < -0.3 is 24.0 Å². The molecule has 0 aromatic heterocycles. The van der Waals surface area contributed by atoms with E-state index in [2.05, 4.69) is 0 Å². The summed E-state index contributed by atoms with van der Waals surface area (Å²) in [5, 5.41) is 0. The van der Waals surface area contributed by atoms with Gasteiger partial charge in [0.2, 0.25) is 0 Å². The number of carbonyl (C=O) groups excluding carboxylic acids is 4. The number of Topliss-reactive ketones (excluding diaryl/α,β-unsaturated/α-hetero) is 1. The zero-order valence-electron chi connectivity index (χ0n) is 21.6. The lowest BCUT2D eigenvalue weighted by Gasteiger charge is -2.40. The number of ketones is 1. The number of hydrogen-bond acceptors (Lipinski definition) is 7. The van der Waals surface area contributed by atoms with Crippen LogP contribution in [0.15, 0.2) is 22.7 Å². The fourth-order valence-corrected chi connectivity index (χ4v) is 5.59. The summed E-state index contributed by atoms with van der Waals surface area (Å²) >= 11 is 0. The first kappa shape index (κ1) is 25.3. The number of esters is 1. The summed E-state index contributed by atoms with van der Waals surface area (Å²) in [4.78, 5) is 55.0. The van der Waals surface area contributed by atoms with Crippen molar-refractivity contribution in [1.29, 1.82) is 0 Å². The second-order valence-electron chi connectivity index (χ2n) is 11.2. The molecule has 0 aromatic carbocycles. The van der Waals surface area contributed by atoms with Crippen molar-refractivity contribution in [2.75, 3.05) is 32.8 Å². The second-order valence-corrected chi connectivity index (χ2v) is 11.2. The van der Waals surface area contributed by atoms with Crippen molar-refractivity contribution in [3.63, 3.8) is 0 Å². The molecule has 0 bridgehead atoms. The smallest absolute Gasteiger partial charge is 0.337 e. The Bertz CT molecular complexity index is 1030. The van der Waals surface area contributed by atoms with Crippen LogP contribution in [-0.4, -0.2) is 77.4 Å². The molecule has 0 saturated carbocycles. The van der Waals surface area contributed by atoms with Crippen molar-refractivity contribution < 1.29 is 33.4 Å². The molecule has 1 fully saturated rings. The van der Waals surface area contributed by atoms with Gasteiger partial charge in [0.1, 0.15) is 11.5 Å². The summed E-state index contributed by atoms with van der Waals surface area (Å²) < 4.78 is 17.1. The van der Waals surface area contributed by atoms with Crippen LogP contribution in [0.3, 0.4) is 0 Å². The van der Waals surface area contributed by atoms with Crippen molar-refractivity contribution in [2.24, 2.45) is 5.41 Å². The molecule has 9 nitrogen and oxygen atoms in total. The highest BCUT2D eigenvalue weighted by atomic mass is 16.5. The van der Waals surface area contributed by atoms with Crippen LogP contribution in [-0.2, 0) is 33.4 Å². The summed E-state index contributed by atoms with van der Waals surface area (Å²) in [6.07, 6.45) is 1.57. The lowest BCUT2D eigenvalue weighted by molar-refractivity contribution is -0.158. The molecular weight excluding hydrogens is 452 g/mol. The summed E-state index contributed by atoms with van der Waals surface area (Å²) in [6.45, 7) is 12.6. The summed E-state index contributed by atoms with van der Waals surface area (Å²) in [6, 6.07) is 0. The molecule has 3 heterocycles. The first-order valence-electron chi connectivity index (χ1n) is 12.4. The van der Waals surface area contributed by atoms with E-state index in [9.17, 15) is 19.2 Å². The van der Waals surface area contributed by atoms with E-state index in [1.54, 1.807) is 37.5 Å². The van der Waals surface area contributed by atoms with Gasteiger partial charge >= 0.3 is 5.97 Å². The largest absolute Gasteiger partial charge is 0.481 e. The van der Waals surface area contributed by atoms with Gasteiger partial charge in [0.15, 0.2) is 17.0 Å². The van der Waals surface area contributed by atoms with E-state index in [0.717, 1.165) is 0 Å². The molecule has 192 valence electrons. The van der Waals surface area contributed by atoms with Crippen molar-refractivity contribution in [2.45, 2.75) is 78.4 Å². The Morgan fingerprint density at radius 2 is 1.40 bits per heavy atom. The van der Waals surface area contributed by atoms with E-state index < -0.39 is 17.2 Å². The summed E-state index contributed by atoms with van der Waals surface area (Å²) in [5.74, 6) is 0.307. The van der Waals surface area contributed by atoms with Crippen LogP contribution < -0.4 is 0 Å². The van der Waals surface area contributed by atoms with Gasteiger partial charge in [0.05, 0.1) is 12.2 Å². The quantitative estimate of drug-likeness (QED) is 0.560. The molecule has 35 heavy (non-hydrogen) atoms. The molecule has 2 unspecified atom stereocenters.